The molecule has 0 aromatic heterocycles. The third kappa shape index (κ3) is 14.7. The summed E-state index contributed by atoms with van der Waals surface area (Å²) >= 11 is 0.872. The van der Waals surface area contributed by atoms with Crippen LogP contribution in [0.25, 0.3) is 33.4 Å². The number of fused-ring (bicyclic) bond motifs is 9. The van der Waals surface area contributed by atoms with Crippen LogP contribution in [0.15, 0.2) is 160 Å². The number of hydrogen-bond acceptors (Lipinski definition) is 20. The molecule has 0 spiro atoms. The van der Waals surface area contributed by atoms with E-state index in [4.69, 9.17) is 19.5 Å². The predicted molar refractivity (Wildman–Crippen MR) is 344 cm³/mol. The maximum absolute atomic E-state index is 12.6. The number of carbonyl (C=O) groups is 9. The normalized spacial score (nSPS) is 16.8. The van der Waals surface area contributed by atoms with Crippen molar-refractivity contribution >= 4 is 103 Å². The van der Waals surface area contributed by atoms with Gasteiger partial charge < -0.3 is 30.2 Å². The molecule has 3 aliphatic heterocycles. The van der Waals surface area contributed by atoms with Gasteiger partial charge in [-0.15, -0.1) is 4.33 Å². The largest absolute Gasteiger partial charge is 0.384 e. The molecule has 12 rings (SSSR count). The maximum atomic E-state index is 12.6. The molecule has 30 heteroatoms. The molecule has 96 heavy (non-hydrogen) atoms. The fourth-order valence-corrected chi connectivity index (χ4v) is 14.1. The fourth-order valence-electron chi connectivity index (χ4n) is 12.3. The minimum Gasteiger partial charge on any atom is -0.384 e. The molecule has 0 bridgehead atoms. The highest BCUT2D eigenvalue weighted by atomic mass is 32.2. The van der Waals surface area contributed by atoms with Gasteiger partial charge in [0.2, 0.25) is 17.7 Å². The van der Waals surface area contributed by atoms with Crippen LogP contribution in [0.4, 0.5) is 17.1 Å². The summed E-state index contributed by atoms with van der Waals surface area (Å²) in [5, 5.41) is 20.5. The zero-order valence-corrected chi connectivity index (χ0v) is 53.7. The second kappa shape index (κ2) is 29.5. The van der Waals surface area contributed by atoms with E-state index in [9.17, 15) is 69.1 Å². The molecular weight excluding hydrogens is 1310 g/mol. The standard InChI is InChI=1S/3C22H20N2O7S/c1-31-12-15-13-4-2-6-16(23-18(25)10-11-24-19(26)8-9-20(24)27)21(13)22-14(15)5-3-7-17(22)32(28,29)30;1-29-12-17-14-3-2-4-18(23-19(25)9-10-24-20(26)7-8-21(24)27)22(14)15-6-5-13(11-16(15)17)32-31-30-28;1-31-12-17-14-3-2-4-18(32(28,29)30)22(14)15-6-5-13(11-16(15)17)23-19(25)9-10-24-20(26)7-8-21(24)27/h2-9,15H,10-12H2,1H3,(H,23,25)(H,28,29,30);2-8,11,17,28H,9-10,12H2,1H3,(H,23,25);2-8,11,17H,9-10,12H2,1H3,(H,23,25)(H,28,29,30). The van der Waals surface area contributed by atoms with Gasteiger partial charge in [-0.2, -0.15) is 16.8 Å². The Balaban J connectivity index is 0.000000157. The van der Waals surface area contributed by atoms with Gasteiger partial charge in [0.15, 0.2) is 0 Å². The molecule has 3 atom stereocenters. The van der Waals surface area contributed by atoms with Crippen LogP contribution < -0.4 is 16.0 Å². The van der Waals surface area contributed by atoms with Crippen molar-refractivity contribution in [3.63, 3.8) is 0 Å². The highest BCUT2D eigenvalue weighted by Gasteiger charge is 2.38. The summed E-state index contributed by atoms with van der Waals surface area (Å²) in [4.78, 5) is 111. The third-order valence-electron chi connectivity index (χ3n) is 16.4. The van der Waals surface area contributed by atoms with E-state index < -0.39 is 61.6 Å². The molecule has 0 fully saturated rings. The molecule has 6 N–H and O–H groups in total. The Morgan fingerprint density at radius 3 is 1.26 bits per heavy atom. The summed E-state index contributed by atoms with van der Waals surface area (Å²) in [5.41, 5.74) is 10.1. The predicted octanol–water partition coefficient (Wildman–Crippen LogP) is 7.02. The van der Waals surface area contributed by atoms with E-state index in [1.807, 2.05) is 42.5 Å². The SMILES string of the molecule is COCC1c2cc(NC(=O)CCN3C(=O)C=CC3=O)ccc2-c2c1cccc2S(=O)(=O)O.COCC1c2cc(SOOO)ccc2-c2c(NC(=O)CCN3C(=O)C=CC3=O)cccc21.COCC1c2cccc(NC(=O)CCN3C(=O)C=CC3=O)c2-c2c1cccc2S(=O)(=O)O. The Bertz CT molecular complexity index is 4470. The van der Waals surface area contributed by atoms with Gasteiger partial charge in [-0.1, -0.05) is 65.7 Å². The number of amides is 9. The molecule has 27 nitrogen and oxygen atoms in total. The van der Waals surface area contributed by atoms with Crippen LogP contribution in [0.2, 0.25) is 0 Å². The number of nitrogens with zero attached hydrogens (tertiary/aromatic N) is 3. The van der Waals surface area contributed by atoms with Crippen LogP contribution in [0.1, 0.15) is 70.4 Å². The van der Waals surface area contributed by atoms with Crippen molar-refractivity contribution in [3.05, 3.63) is 179 Å². The maximum Gasteiger partial charge on any atom is 0.295 e. The van der Waals surface area contributed by atoms with Crippen molar-refractivity contribution in [1.82, 2.24) is 14.7 Å². The number of carbonyl (C=O) groups excluding carboxylic acids is 9. The first kappa shape index (κ1) is 69.1. The summed E-state index contributed by atoms with van der Waals surface area (Å²) in [6.07, 6.45) is 6.81. The number of nitrogens with one attached hydrogen (secondary N) is 3. The van der Waals surface area contributed by atoms with Crippen LogP contribution >= 0.6 is 12.0 Å². The van der Waals surface area contributed by atoms with Gasteiger partial charge in [0.1, 0.15) is 9.79 Å². The molecule has 9 amide bonds. The zero-order valence-electron chi connectivity index (χ0n) is 51.2. The van der Waals surface area contributed by atoms with Crippen molar-refractivity contribution in [2.75, 3.05) is 76.7 Å². The Hall–Kier alpha value is -9.70. The average molecular weight is 1370 g/mol. The van der Waals surface area contributed by atoms with Crippen molar-refractivity contribution in [2.45, 2.75) is 51.7 Å². The Kier molecular flexibility index (Phi) is 21.3. The van der Waals surface area contributed by atoms with E-state index in [2.05, 4.69) is 25.3 Å². The van der Waals surface area contributed by atoms with Gasteiger partial charge in [-0.3, -0.25) is 67.0 Å². The first-order valence-corrected chi connectivity index (χ1v) is 33.0. The van der Waals surface area contributed by atoms with Gasteiger partial charge in [0, 0.05) is 159 Å². The highest BCUT2D eigenvalue weighted by molar-refractivity contribution is 7.94. The molecule has 6 aliphatic rings. The molecule has 6 aromatic carbocycles. The number of hydrogen-bond donors (Lipinski definition) is 6. The lowest BCUT2D eigenvalue weighted by Gasteiger charge is -2.16. The van der Waals surface area contributed by atoms with Crippen LogP contribution in [0, 0.1) is 0 Å². The van der Waals surface area contributed by atoms with E-state index in [1.54, 1.807) is 61.7 Å². The monoisotopic (exact) mass is 1370 g/mol. The first-order valence-electron chi connectivity index (χ1n) is 29.3. The van der Waals surface area contributed by atoms with Crippen LogP contribution in [0.3, 0.4) is 0 Å². The molecule has 3 heterocycles. The number of benzene rings is 6. The van der Waals surface area contributed by atoms with Gasteiger partial charge in [0.25, 0.3) is 55.7 Å². The molecule has 0 saturated carbocycles. The van der Waals surface area contributed by atoms with E-state index in [0.29, 0.717) is 57.0 Å². The summed E-state index contributed by atoms with van der Waals surface area (Å²) in [5.74, 6) is -4.43. The van der Waals surface area contributed by atoms with Crippen molar-refractivity contribution in [3.8, 4) is 33.4 Å². The lowest BCUT2D eigenvalue weighted by Crippen LogP contribution is -2.33. The number of ether oxygens (including phenoxy) is 3. The topological polar surface area (TPSA) is 375 Å². The summed E-state index contributed by atoms with van der Waals surface area (Å²) in [6, 6.07) is 30.8. The third-order valence-corrected chi connectivity index (χ3v) is 18.7. The van der Waals surface area contributed by atoms with E-state index in [-0.39, 0.29) is 91.5 Å². The zero-order chi connectivity index (χ0) is 68.8. The minimum absolute atomic E-state index is 0.00867. The Morgan fingerprint density at radius 2 is 0.812 bits per heavy atom. The summed E-state index contributed by atoms with van der Waals surface area (Å²) in [6.45, 7) is 0.898. The number of rotatable bonds is 23. The van der Waals surface area contributed by atoms with E-state index in [1.165, 1.54) is 38.5 Å². The highest BCUT2D eigenvalue weighted by Crippen LogP contribution is 2.53. The summed E-state index contributed by atoms with van der Waals surface area (Å²) in [7, 11) is -4.28. The van der Waals surface area contributed by atoms with Gasteiger partial charge in [-0.05, 0) is 93.0 Å². The number of methoxy groups -OCH3 is 3. The Morgan fingerprint density at radius 1 is 0.448 bits per heavy atom. The van der Waals surface area contributed by atoms with Gasteiger partial charge >= 0.3 is 0 Å². The second-order valence-electron chi connectivity index (χ2n) is 22.1. The molecule has 498 valence electrons. The van der Waals surface area contributed by atoms with Crippen LogP contribution in [-0.4, -0.2) is 160 Å². The molecule has 6 aromatic rings. The van der Waals surface area contributed by atoms with Gasteiger partial charge in [0.05, 0.1) is 31.9 Å². The summed E-state index contributed by atoms with van der Waals surface area (Å²) < 4.78 is 88.1. The van der Waals surface area contributed by atoms with Crippen molar-refractivity contribution in [2.24, 2.45) is 0 Å². The van der Waals surface area contributed by atoms with Crippen LogP contribution in [0.5, 0.6) is 0 Å². The molecule has 0 radical (unpaired) electrons. The van der Waals surface area contributed by atoms with Crippen molar-refractivity contribution < 1.29 is 97.9 Å². The lowest BCUT2D eigenvalue weighted by atomic mass is 9.97. The fraction of sp³-hybridized carbons (Fsp3) is 0.227. The smallest absolute Gasteiger partial charge is 0.295 e. The number of anilines is 3. The average Bonchev–Trinajstić information content (AvgIpc) is 1.60. The molecule has 3 aliphatic carbocycles. The molecular formula is C66H60N6O21S3. The quantitative estimate of drug-likeness (QED) is 0.0123. The molecule has 3 unspecified atom stereocenters. The minimum atomic E-state index is -4.53. The van der Waals surface area contributed by atoms with Crippen LogP contribution in [-0.2, 0) is 87.0 Å². The van der Waals surface area contributed by atoms with Gasteiger partial charge in [-0.25, -0.2) is 5.26 Å². The lowest BCUT2D eigenvalue weighted by molar-refractivity contribution is -0.432. The second-order valence-corrected chi connectivity index (χ2v) is 25.7. The molecule has 0 saturated heterocycles. The van der Waals surface area contributed by atoms with Crippen molar-refractivity contribution in [1.29, 1.82) is 0 Å². The van der Waals surface area contributed by atoms with E-state index >= 15 is 0 Å². The first-order chi connectivity index (χ1) is 45.9. The number of imide groups is 3. The van der Waals surface area contributed by atoms with E-state index in [0.717, 1.165) is 89.3 Å². The Labute approximate surface area is 553 Å².